The summed E-state index contributed by atoms with van der Waals surface area (Å²) in [5.41, 5.74) is 0.278. The van der Waals surface area contributed by atoms with E-state index in [2.05, 4.69) is 5.32 Å². The topological polar surface area (TPSA) is 46.2 Å². The van der Waals surface area contributed by atoms with Crippen LogP contribution >= 0.6 is 0 Å². The Bertz CT molecular complexity index is 433. The highest BCUT2D eigenvalue weighted by atomic mass is 32.2. The summed E-state index contributed by atoms with van der Waals surface area (Å²) in [6, 6.07) is 0. The second kappa shape index (κ2) is 5.60. The molecule has 1 heterocycles. The lowest BCUT2D eigenvalue weighted by atomic mass is 9.69. The summed E-state index contributed by atoms with van der Waals surface area (Å²) in [5.74, 6) is 1.41. The van der Waals surface area contributed by atoms with Crippen LogP contribution in [0.15, 0.2) is 0 Å². The van der Waals surface area contributed by atoms with Gasteiger partial charge in [-0.05, 0) is 63.3 Å². The highest BCUT2D eigenvalue weighted by molar-refractivity contribution is 7.91. The van der Waals surface area contributed by atoms with Crippen LogP contribution in [0, 0.1) is 11.8 Å². The zero-order chi connectivity index (χ0) is 14.2. The molecule has 0 aromatic heterocycles. The Labute approximate surface area is 123 Å². The molecule has 1 N–H and O–H groups in total. The molecule has 0 aromatic carbocycles. The van der Waals surface area contributed by atoms with Gasteiger partial charge in [-0.1, -0.05) is 19.3 Å². The molecule has 4 heteroatoms. The normalized spacial score (nSPS) is 40.2. The zero-order valence-electron chi connectivity index (χ0n) is 12.7. The molecule has 0 spiro atoms. The Kier molecular flexibility index (Phi) is 4.15. The quantitative estimate of drug-likeness (QED) is 0.871. The van der Waals surface area contributed by atoms with Gasteiger partial charge in [0.25, 0.3) is 0 Å². The van der Waals surface area contributed by atoms with E-state index in [-0.39, 0.29) is 10.8 Å². The SMILES string of the molecule is CS(=O)(=O)C1CCCC(C2(C3CC3)CCCCCN2)C1. The predicted molar refractivity (Wildman–Crippen MR) is 82.5 cm³/mol. The van der Waals surface area contributed by atoms with Gasteiger partial charge < -0.3 is 5.32 Å². The van der Waals surface area contributed by atoms with Crippen LogP contribution in [0.2, 0.25) is 0 Å². The Hall–Kier alpha value is -0.0900. The fraction of sp³-hybridized carbons (Fsp3) is 1.00. The van der Waals surface area contributed by atoms with Crippen LogP contribution in [0.1, 0.15) is 64.2 Å². The maximum Gasteiger partial charge on any atom is 0.150 e. The number of rotatable bonds is 3. The van der Waals surface area contributed by atoms with Crippen LogP contribution in [0.4, 0.5) is 0 Å². The molecule has 0 radical (unpaired) electrons. The van der Waals surface area contributed by atoms with E-state index in [9.17, 15) is 8.42 Å². The lowest BCUT2D eigenvalue weighted by Crippen LogP contribution is -2.54. The minimum absolute atomic E-state index is 0.0815. The van der Waals surface area contributed by atoms with Crippen molar-refractivity contribution in [2.45, 2.75) is 75.0 Å². The zero-order valence-corrected chi connectivity index (χ0v) is 13.6. The number of hydrogen-bond acceptors (Lipinski definition) is 3. The Balaban J connectivity index is 1.80. The molecule has 3 unspecified atom stereocenters. The van der Waals surface area contributed by atoms with E-state index in [0.29, 0.717) is 5.92 Å². The molecule has 3 fully saturated rings. The minimum Gasteiger partial charge on any atom is -0.311 e. The Morgan fingerprint density at radius 2 is 1.75 bits per heavy atom. The molecular weight excluding hydrogens is 270 g/mol. The first-order valence-electron chi connectivity index (χ1n) is 8.46. The first-order valence-corrected chi connectivity index (χ1v) is 10.4. The van der Waals surface area contributed by atoms with Gasteiger partial charge in [0.2, 0.25) is 0 Å². The molecule has 3 aliphatic rings. The molecule has 0 bridgehead atoms. The van der Waals surface area contributed by atoms with Crippen LogP contribution in [-0.4, -0.2) is 32.0 Å². The highest BCUT2D eigenvalue weighted by Gasteiger charge is 2.51. The molecule has 1 aliphatic heterocycles. The summed E-state index contributed by atoms with van der Waals surface area (Å²) in [6.07, 6.45) is 13.5. The maximum absolute atomic E-state index is 12.0. The summed E-state index contributed by atoms with van der Waals surface area (Å²) < 4.78 is 23.9. The van der Waals surface area contributed by atoms with Crippen LogP contribution in [0.25, 0.3) is 0 Å². The number of nitrogens with one attached hydrogen (secondary N) is 1. The third kappa shape index (κ3) is 2.92. The summed E-state index contributed by atoms with van der Waals surface area (Å²) >= 11 is 0. The number of hydrogen-bond donors (Lipinski definition) is 1. The van der Waals surface area contributed by atoms with E-state index in [1.54, 1.807) is 0 Å². The van der Waals surface area contributed by atoms with Crippen molar-refractivity contribution in [1.82, 2.24) is 5.32 Å². The lowest BCUT2D eigenvalue weighted by molar-refractivity contribution is 0.130. The molecule has 3 rings (SSSR count). The van der Waals surface area contributed by atoms with Gasteiger partial charge in [-0.15, -0.1) is 0 Å². The standard InChI is InChI=1S/C16H29NO2S/c1-20(18,19)15-7-5-6-14(12-15)16(13-8-9-13)10-3-2-4-11-17-16/h13-15,17H,2-12H2,1H3. The van der Waals surface area contributed by atoms with E-state index in [4.69, 9.17) is 0 Å². The van der Waals surface area contributed by atoms with Crippen molar-refractivity contribution in [3.8, 4) is 0 Å². The monoisotopic (exact) mass is 299 g/mol. The van der Waals surface area contributed by atoms with Crippen LogP contribution in [0.3, 0.4) is 0 Å². The van der Waals surface area contributed by atoms with Crippen molar-refractivity contribution in [3.63, 3.8) is 0 Å². The molecule has 3 atom stereocenters. The van der Waals surface area contributed by atoms with Gasteiger partial charge >= 0.3 is 0 Å². The van der Waals surface area contributed by atoms with E-state index in [0.717, 1.165) is 31.7 Å². The average Bonchev–Trinajstić information content (AvgIpc) is 3.25. The molecule has 0 aromatic rings. The smallest absolute Gasteiger partial charge is 0.150 e. The second-order valence-electron chi connectivity index (χ2n) is 7.37. The fourth-order valence-electron chi connectivity index (χ4n) is 4.76. The molecule has 3 nitrogen and oxygen atoms in total. The molecule has 0 amide bonds. The van der Waals surface area contributed by atoms with Crippen molar-refractivity contribution >= 4 is 9.84 Å². The van der Waals surface area contributed by atoms with Crippen molar-refractivity contribution in [2.24, 2.45) is 11.8 Å². The average molecular weight is 299 g/mol. The molecule has 116 valence electrons. The van der Waals surface area contributed by atoms with Crippen molar-refractivity contribution < 1.29 is 8.42 Å². The van der Waals surface area contributed by atoms with Gasteiger partial charge in [-0.25, -0.2) is 8.42 Å². The fourth-order valence-corrected chi connectivity index (χ4v) is 5.94. The maximum atomic E-state index is 12.0. The first kappa shape index (κ1) is 14.8. The Morgan fingerprint density at radius 3 is 2.45 bits per heavy atom. The largest absolute Gasteiger partial charge is 0.311 e. The van der Waals surface area contributed by atoms with E-state index in [1.165, 1.54) is 51.2 Å². The predicted octanol–water partition coefficient (Wildman–Crippen LogP) is 2.90. The molecule has 1 saturated heterocycles. The van der Waals surface area contributed by atoms with Gasteiger partial charge in [-0.2, -0.15) is 0 Å². The molecular formula is C16H29NO2S. The third-order valence-corrected chi connectivity index (χ3v) is 7.63. The summed E-state index contributed by atoms with van der Waals surface area (Å²) in [4.78, 5) is 0. The second-order valence-corrected chi connectivity index (χ2v) is 9.69. The Morgan fingerprint density at radius 1 is 0.950 bits per heavy atom. The van der Waals surface area contributed by atoms with Crippen LogP contribution < -0.4 is 5.32 Å². The minimum atomic E-state index is -2.87. The van der Waals surface area contributed by atoms with Crippen molar-refractivity contribution in [2.75, 3.05) is 12.8 Å². The van der Waals surface area contributed by atoms with Crippen molar-refractivity contribution in [1.29, 1.82) is 0 Å². The number of sulfone groups is 1. The van der Waals surface area contributed by atoms with Gasteiger partial charge in [0.05, 0.1) is 5.25 Å². The summed E-state index contributed by atoms with van der Waals surface area (Å²) in [6.45, 7) is 1.14. The lowest BCUT2D eigenvalue weighted by Gasteiger charge is -2.45. The van der Waals surface area contributed by atoms with Gasteiger partial charge in [-0.3, -0.25) is 0 Å². The van der Waals surface area contributed by atoms with Crippen LogP contribution in [0.5, 0.6) is 0 Å². The first-order chi connectivity index (χ1) is 9.52. The van der Waals surface area contributed by atoms with E-state index >= 15 is 0 Å². The van der Waals surface area contributed by atoms with Crippen molar-refractivity contribution in [3.05, 3.63) is 0 Å². The molecule has 2 saturated carbocycles. The van der Waals surface area contributed by atoms with Gasteiger partial charge in [0, 0.05) is 11.8 Å². The summed E-state index contributed by atoms with van der Waals surface area (Å²) in [7, 11) is -2.87. The van der Waals surface area contributed by atoms with Crippen LogP contribution in [-0.2, 0) is 9.84 Å². The van der Waals surface area contributed by atoms with E-state index < -0.39 is 9.84 Å². The third-order valence-electron chi connectivity index (χ3n) is 5.99. The van der Waals surface area contributed by atoms with Gasteiger partial charge in [0.1, 0.15) is 9.84 Å². The molecule has 2 aliphatic carbocycles. The summed E-state index contributed by atoms with van der Waals surface area (Å²) in [5, 5.41) is 3.82. The highest BCUT2D eigenvalue weighted by Crippen LogP contribution is 2.51. The molecule has 20 heavy (non-hydrogen) atoms. The van der Waals surface area contributed by atoms with E-state index in [1.807, 2.05) is 0 Å². The van der Waals surface area contributed by atoms with Gasteiger partial charge in [0.15, 0.2) is 0 Å².